The smallest absolute Gasteiger partial charge is 0.155 e. The lowest BCUT2D eigenvalue weighted by atomic mass is 10.2. The molecule has 2 N–H and O–H groups in total. The number of rotatable bonds is 2. The van der Waals surface area contributed by atoms with Crippen LogP contribution < -0.4 is 5.73 Å². The number of para-hydroxylation sites is 1. The lowest BCUT2D eigenvalue weighted by Crippen LogP contribution is -1.91. The van der Waals surface area contributed by atoms with E-state index in [0.717, 1.165) is 31.3 Å². The Labute approximate surface area is 129 Å². The summed E-state index contributed by atoms with van der Waals surface area (Å²) in [6.45, 7) is 0. The predicted octanol–water partition coefficient (Wildman–Crippen LogP) is 4.58. The van der Waals surface area contributed by atoms with Crippen molar-refractivity contribution in [1.29, 1.82) is 0 Å². The molecule has 102 valence electrons. The molecule has 2 aromatic heterocycles. The molecule has 0 aliphatic heterocycles. The topological polar surface area (TPSA) is 51.8 Å². The zero-order chi connectivity index (χ0) is 14.2. The van der Waals surface area contributed by atoms with Gasteiger partial charge in [0.25, 0.3) is 0 Å². The maximum absolute atomic E-state index is 6.28. The Morgan fingerprint density at radius 2 is 1.86 bits per heavy atom. The molecule has 2 aromatic carbocycles. The number of nitrogens with two attached hydrogens (primary N) is 1. The Morgan fingerprint density at radius 1 is 0.952 bits per heavy atom. The predicted molar refractivity (Wildman–Crippen MR) is 89.9 cm³/mol. The lowest BCUT2D eigenvalue weighted by molar-refractivity contribution is 1.29. The third kappa shape index (κ3) is 2.24. The van der Waals surface area contributed by atoms with Gasteiger partial charge >= 0.3 is 0 Å². The van der Waals surface area contributed by atoms with Crippen LogP contribution in [0.15, 0.2) is 64.0 Å². The van der Waals surface area contributed by atoms with Crippen LogP contribution in [0.25, 0.3) is 21.1 Å². The van der Waals surface area contributed by atoms with E-state index in [1.54, 1.807) is 29.3 Å². The third-order valence-electron chi connectivity index (χ3n) is 3.26. The molecule has 0 saturated carbocycles. The van der Waals surface area contributed by atoms with Crippen molar-refractivity contribution in [3.05, 3.63) is 54.7 Å². The largest absolute Gasteiger partial charge is 0.397 e. The molecule has 0 fully saturated rings. The van der Waals surface area contributed by atoms with Crippen LogP contribution in [0.1, 0.15) is 0 Å². The Kier molecular flexibility index (Phi) is 3.02. The molecule has 0 spiro atoms. The van der Waals surface area contributed by atoms with E-state index in [0.29, 0.717) is 0 Å². The van der Waals surface area contributed by atoms with Crippen LogP contribution in [0.5, 0.6) is 0 Å². The summed E-state index contributed by atoms with van der Waals surface area (Å²) in [5, 5.41) is 0.989. The molecule has 0 radical (unpaired) electrons. The number of anilines is 1. The Balaban J connectivity index is 1.78. The number of nitrogen functional groups attached to an aromatic ring is 1. The maximum Gasteiger partial charge on any atom is 0.155 e. The lowest BCUT2D eigenvalue weighted by Gasteiger charge is -2.06. The zero-order valence-electron chi connectivity index (χ0n) is 11.0. The van der Waals surface area contributed by atoms with Gasteiger partial charge in [0.15, 0.2) is 4.34 Å². The van der Waals surface area contributed by atoms with E-state index < -0.39 is 0 Å². The van der Waals surface area contributed by atoms with Crippen molar-refractivity contribution in [1.82, 2.24) is 9.97 Å². The highest BCUT2D eigenvalue weighted by molar-refractivity contribution is 8.01. The molecular weight excluding hydrogens is 298 g/mol. The molecular formula is C16H11N3S2. The number of benzene rings is 2. The summed E-state index contributed by atoms with van der Waals surface area (Å²) in [4.78, 5) is 9.98. The van der Waals surface area contributed by atoms with E-state index in [2.05, 4.69) is 16.0 Å². The number of pyridine rings is 1. The molecule has 3 nitrogen and oxygen atoms in total. The van der Waals surface area contributed by atoms with Gasteiger partial charge in [-0.1, -0.05) is 23.9 Å². The van der Waals surface area contributed by atoms with E-state index in [4.69, 9.17) is 5.73 Å². The van der Waals surface area contributed by atoms with E-state index in [-0.39, 0.29) is 0 Å². The summed E-state index contributed by atoms with van der Waals surface area (Å²) in [5.41, 5.74) is 9.00. The minimum atomic E-state index is 0.768. The van der Waals surface area contributed by atoms with Crippen LogP contribution in [-0.2, 0) is 0 Å². The van der Waals surface area contributed by atoms with Gasteiger partial charge in [0.05, 0.1) is 21.4 Å². The molecule has 0 aliphatic rings. The van der Waals surface area contributed by atoms with E-state index in [9.17, 15) is 0 Å². The quantitative estimate of drug-likeness (QED) is 0.551. The second kappa shape index (κ2) is 5.02. The average Bonchev–Trinajstić information content (AvgIpc) is 2.93. The SMILES string of the molecule is Nc1c(Sc2nc3ccccc3s2)ccc2ncccc12. The fraction of sp³-hybridized carbons (Fsp3) is 0. The van der Waals surface area contributed by atoms with E-state index in [1.807, 2.05) is 42.5 Å². The van der Waals surface area contributed by atoms with Crippen molar-refractivity contribution in [2.45, 2.75) is 9.24 Å². The Bertz CT molecular complexity index is 913. The molecule has 4 aromatic rings. The van der Waals surface area contributed by atoms with Gasteiger partial charge in [-0.3, -0.25) is 4.98 Å². The molecule has 0 aliphatic carbocycles. The van der Waals surface area contributed by atoms with Gasteiger partial charge in [-0.2, -0.15) is 0 Å². The van der Waals surface area contributed by atoms with E-state index >= 15 is 0 Å². The second-order valence-corrected chi connectivity index (χ2v) is 6.92. The summed E-state index contributed by atoms with van der Waals surface area (Å²) in [5.74, 6) is 0. The van der Waals surface area contributed by atoms with Crippen LogP contribution in [0.4, 0.5) is 5.69 Å². The highest BCUT2D eigenvalue weighted by Crippen LogP contribution is 2.38. The Hall–Kier alpha value is -2.11. The number of hydrogen-bond acceptors (Lipinski definition) is 5. The molecule has 0 unspecified atom stereocenters. The van der Waals surface area contributed by atoms with Crippen LogP contribution in [0.3, 0.4) is 0 Å². The van der Waals surface area contributed by atoms with Crippen LogP contribution >= 0.6 is 23.1 Å². The second-order valence-electron chi connectivity index (χ2n) is 4.60. The summed E-state index contributed by atoms with van der Waals surface area (Å²) in [6, 6.07) is 16.1. The van der Waals surface area contributed by atoms with Crippen LogP contribution in [0.2, 0.25) is 0 Å². The Morgan fingerprint density at radius 3 is 2.76 bits per heavy atom. The highest BCUT2D eigenvalue weighted by Gasteiger charge is 2.10. The maximum atomic E-state index is 6.28. The van der Waals surface area contributed by atoms with Crippen LogP contribution in [-0.4, -0.2) is 9.97 Å². The summed E-state index contributed by atoms with van der Waals surface area (Å²) in [6.07, 6.45) is 1.78. The zero-order valence-corrected chi connectivity index (χ0v) is 12.6. The van der Waals surface area contributed by atoms with Gasteiger partial charge in [-0.25, -0.2) is 4.98 Å². The number of nitrogens with zero attached hydrogens (tertiary/aromatic N) is 2. The summed E-state index contributed by atoms with van der Waals surface area (Å²) in [7, 11) is 0. The number of aromatic nitrogens is 2. The first-order valence-corrected chi connectivity index (χ1v) is 8.11. The summed E-state index contributed by atoms with van der Waals surface area (Å²) < 4.78 is 2.20. The summed E-state index contributed by atoms with van der Waals surface area (Å²) >= 11 is 3.30. The van der Waals surface area contributed by atoms with Gasteiger partial charge in [-0.15, -0.1) is 11.3 Å². The molecule has 4 rings (SSSR count). The van der Waals surface area contributed by atoms with Crippen molar-refractivity contribution >= 4 is 49.9 Å². The fourth-order valence-electron chi connectivity index (χ4n) is 2.23. The van der Waals surface area contributed by atoms with E-state index in [1.165, 1.54) is 4.70 Å². The van der Waals surface area contributed by atoms with Gasteiger partial charge < -0.3 is 5.73 Å². The standard InChI is InChI=1S/C16H11N3S2/c17-15-10-4-3-9-18-11(10)7-8-14(15)21-16-19-12-5-1-2-6-13(12)20-16/h1-9H,17H2. The minimum Gasteiger partial charge on any atom is -0.397 e. The number of thiazole rings is 1. The average molecular weight is 309 g/mol. The molecule has 0 bridgehead atoms. The molecule has 21 heavy (non-hydrogen) atoms. The number of fused-ring (bicyclic) bond motifs is 2. The third-order valence-corrected chi connectivity index (χ3v) is 5.43. The molecule has 0 saturated heterocycles. The van der Waals surface area contributed by atoms with Gasteiger partial charge in [0.1, 0.15) is 0 Å². The van der Waals surface area contributed by atoms with Gasteiger partial charge in [0.2, 0.25) is 0 Å². The molecule has 2 heterocycles. The normalized spacial score (nSPS) is 11.2. The number of hydrogen-bond donors (Lipinski definition) is 1. The molecule has 0 atom stereocenters. The van der Waals surface area contributed by atoms with Crippen molar-refractivity contribution < 1.29 is 0 Å². The molecule has 5 heteroatoms. The van der Waals surface area contributed by atoms with Crippen molar-refractivity contribution in [2.24, 2.45) is 0 Å². The fourth-order valence-corrected chi connectivity index (χ4v) is 4.32. The van der Waals surface area contributed by atoms with Crippen molar-refractivity contribution in [2.75, 3.05) is 5.73 Å². The van der Waals surface area contributed by atoms with Crippen LogP contribution in [0, 0.1) is 0 Å². The molecule has 0 amide bonds. The first-order chi connectivity index (χ1) is 10.3. The first-order valence-electron chi connectivity index (χ1n) is 6.48. The monoisotopic (exact) mass is 309 g/mol. The van der Waals surface area contributed by atoms with Gasteiger partial charge in [-0.05, 0) is 36.4 Å². The highest BCUT2D eigenvalue weighted by atomic mass is 32.2. The van der Waals surface area contributed by atoms with Crippen molar-refractivity contribution in [3.63, 3.8) is 0 Å². The first kappa shape index (κ1) is 12.6. The minimum absolute atomic E-state index is 0.768. The van der Waals surface area contributed by atoms with Crippen molar-refractivity contribution in [3.8, 4) is 0 Å². The van der Waals surface area contributed by atoms with Gasteiger partial charge in [0, 0.05) is 16.5 Å².